The predicted molar refractivity (Wildman–Crippen MR) is 55.9 cm³/mol. The van der Waals surface area contributed by atoms with Gasteiger partial charge in [-0.3, -0.25) is 5.10 Å². The Bertz CT molecular complexity index is 282. The molecule has 1 fully saturated rings. The molecule has 0 amide bonds. The Morgan fingerprint density at radius 2 is 2.07 bits per heavy atom. The van der Waals surface area contributed by atoms with E-state index in [9.17, 15) is 0 Å². The van der Waals surface area contributed by atoms with Crippen LogP contribution in [-0.2, 0) is 39.5 Å². The molecule has 0 radical (unpaired) electrons. The monoisotopic (exact) mass is 379 g/mol. The van der Waals surface area contributed by atoms with Gasteiger partial charge >= 0.3 is 0 Å². The molecule has 86 valence electrons. The Balaban J connectivity index is 0.000000617. The van der Waals surface area contributed by atoms with Crippen LogP contribution in [-0.4, -0.2) is 15.9 Å². The van der Waals surface area contributed by atoms with Crippen LogP contribution in [0.25, 0.3) is 0 Å². The van der Waals surface area contributed by atoms with E-state index in [1.807, 2.05) is 27.8 Å². The largest absolute Gasteiger partial charge is 0.390 e. The first-order valence-corrected chi connectivity index (χ1v) is 5.29. The summed E-state index contributed by atoms with van der Waals surface area (Å²) in [7, 11) is 1.88. The van der Waals surface area contributed by atoms with Gasteiger partial charge in [-0.15, -0.1) is 6.20 Å². The summed E-state index contributed by atoms with van der Waals surface area (Å²) >= 11 is 0. The van der Waals surface area contributed by atoms with Crippen molar-refractivity contribution in [3.05, 3.63) is 17.5 Å². The number of ether oxygens (including phenoxy) is 1. The topological polar surface area (TPSA) is 27.1 Å². The number of nitrogens with zero attached hydrogens (tertiary/aromatic N) is 2. The van der Waals surface area contributed by atoms with E-state index in [1.165, 1.54) is 12.8 Å². The molecule has 0 saturated heterocycles. The van der Waals surface area contributed by atoms with Gasteiger partial charge in [0.1, 0.15) is 0 Å². The molecule has 0 N–H and O–H groups in total. The van der Waals surface area contributed by atoms with Crippen LogP contribution < -0.4 is 0 Å². The van der Waals surface area contributed by atoms with Crippen LogP contribution in [0.5, 0.6) is 0 Å². The van der Waals surface area contributed by atoms with Crippen LogP contribution in [0.15, 0.2) is 0 Å². The zero-order valence-corrected chi connectivity index (χ0v) is 12.8. The van der Waals surface area contributed by atoms with Gasteiger partial charge in [-0.1, -0.05) is 26.5 Å². The second kappa shape index (κ2) is 7.18. The van der Waals surface area contributed by atoms with Crippen molar-refractivity contribution in [2.75, 3.05) is 0 Å². The van der Waals surface area contributed by atoms with Crippen molar-refractivity contribution in [3.63, 3.8) is 0 Å². The molecule has 0 unspecified atom stereocenters. The maximum absolute atomic E-state index is 5.54. The van der Waals surface area contributed by atoms with Crippen molar-refractivity contribution in [3.8, 4) is 0 Å². The molecular weight excluding hydrogens is 360 g/mol. The summed E-state index contributed by atoms with van der Waals surface area (Å²) in [5.41, 5.74) is 2.11. The molecule has 1 aliphatic rings. The van der Waals surface area contributed by atoms with Gasteiger partial charge in [-0.2, -0.15) is 5.56 Å². The summed E-state index contributed by atoms with van der Waals surface area (Å²) < 4.78 is 7.25. The third-order valence-corrected chi connectivity index (χ3v) is 2.01. The van der Waals surface area contributed by atoms with E-state index in [-0.39, 0.29) is 21.1 Å². The quantitative estimate of drug-likeness (QED) is 0.754. The fraction of sp³-hybridized carbons (Fsp3) is 0.727. The van der Waals surface area contributed by atoms with E-state index < -0.39 is 0 Å². The molecule has 2 rings (SSSR count). The summed E-state index contributed by atoms with van der Waals surface area (Å²) in [6.07, 6.45) is 6.02. The van der Waals surface area contributed by atoms with Crippen molar-refractivity contribution in [1.82, 2.24) is 9.78 Å². The summed E-state index contributed by atoms with van der Waals surface area (Å²) in [4.78, 5) is 0. The molecule has 1 aromatic heterocycles. The van der Waals surface area contributed by atoms with Gasteiger partial charge in [0.2, 0.25) is 0 Å². The standard InChI is InChI=1S/C9H13N2O.C2H6.W/c1-7-5-11(2)10-9(7)6-12-8-3-4-8;1-2;/h8H,3-4,6H2,1-2H3;1-2H3;/q-1;;. The van der Waals surface area contributed by atoms with E-state index in [1.54, 1.807) is 4.68 Å². The molecule has 0 aliphatic heterocycles. The van der Waals surface area contributed by atoms with Gasteiger partial charge in [0.15, 0.2) is 0 Å². The van der Waals surface area contributed by atoms with Gasteiger partial charge in [0.25, 0.3) is 0 Å². The molecule has 0 spiro atoms. The average molecular weight is 379 g/mol. The maximum Gasteiger partial charge on any atom is 0.0561 e. The second-order valence-corrected chi connectivity index (χ2v) is 3.32. The SMILES string of the molecule is CC.Cc1[c-]n(C)nc1COC1CC1.[W]. The summed E-state index contributed by atoms with van der Waals surface area (Å²) in [5.74, 6) is 0. The van der Waals surface area contributed by atoms with Crippen molar-refractivity contribution in [2.45, 2.75) is 46.3 Å². The van der Waals surface area contributed by atoms with E-state index in [2.05, 4.69) is 11.3 Å². The molecule has 4 heteroatoms. The normalized spacial score (nSPS) is 13.9. The Morgan fingerprint density at radius 1 is 1.47 bits per heavy atom. The van der Waals surface area contributed by atoms with Crippen molar-refractivity contribution in [2.24, 2.45) is 7.05 Å². The summed E-state index contributed by atoms with van der Waals surface area (Å²) in [6.45, 7) is 6.66. The van der Waals surface area contributed by atoms with E-state index in [0.29, 0.717) is 12.7 Å². The van der Waals surface area contributed by atoms with Crippen LogP contribution in [0, 0.1) is 13.1 Å². The Kier molecular flexibility index (Phi) is 7.12. The van der Waals surface area contributed by atoms with Crippen molar-refractivity contribution < 1.29 is 25.8 Å². The third-order valence-electron chi connectivity index (χ3n) is 2.01. The first-order valence-electron chi connectivity index (χ1n) is 5.29. The van der Waals surface area contributed by atoms with Crippen LogP contribution in [0.3, 0.4) is 0 Å². The minimum absolute atomic E-state index is 0. The molecular formula is C11H19N2OW-. The average Bonchev–Trinajstić information content (AvgIpc) is 2.94. The summed E-state index contributed by atoms with van der Waals surface area (Å²) in [5, 5.41) is 4.25. The minimum atomic E-state index is 0. The van der Waals surface area contributed by atoms with E-state index in [0.717, 1.165) is 11.3 Å². The maximum atomic E-state index is 5.54. The van der Waals surface area contributed by atoms with Crippen LogP contribution in [0.4, 0.5) is 0 Å². The van der Waals surface area contributed by atoms with E-state index >= 15 is 0 Å². The number of aryl methyl sites for hydroxylation is 2. The molecule has 1 saturated carbocycles. The molecule has 15 heavy (non-hydrogen) atoms. The molecule has 0 atom stereocenters. The third kappa shape index (κ3) is 4.94. The molecule has 0 aromatic carbocycles. The van der Waals surface area contributed by atoms with E-state index in [4.69, 9.17) is 4.74 Å². The van der Waals surface area contributed by atoms with Crippen LogP contribution in [0.2, 0.25) is 0 Å². The zero-order valence-electron chi connectivity index (χ0n) is 9.91. The summed E-state index contributed by atoms with van der Waals surface area (Å²) in [6, 6.07) is 0. The Labute approximate surface area is 106 Å². The second-order valence-electron chi connectivity index (χ2n) is 3.32. The van der Waals surface area contributed by atoms with Gasteiger partial charge < -0.3 is 9.42 Å². The molecule has 3 nitrogen and oxygen atoms in total. The molecule has 1 heterocycles. The zero-order chi connectivity index (χ0) is 10.6. The number of hydrogen-bond donors (Lipinski definition) is 0. The first-order chi connectivity index (χ1) is 6.75. The van der Waals surface area contributed by atoms with Gasteiger partial charge in [0, 0.05) is 34.7 Å². The smallest absolute Gasteiger partial charge is 0.0561 e. The Morgan fingerprint density at radius 3 is 2.47 bits per heavy atom. The van der Waals surface area contributed by atoms with Crippen LogP contribution in [0.1, 0.15) is 37.9 Å². The minimum Gasteiger partial charge on any atom is -0.390 e. The van der Waals surface area contributed by atoms with Crippen molar-refractivity contribution >= 4 is 0 Å². The van der Waals surface area contributed by atoms with Gasteiger partial charge in [0.05, 0.1) is 6.10 Å². The molecule has 1 aromatic rings. The van der Waals surface area contributed by atoms with Crippen molar-refractivity contribution in [1.29, 1.82) is 0 Å². The van der Waals surface area contributed by atoms with Gasteiger partial charge in [-0.25, -0.2) is 0 Å². The molecule has 0 bridgehead atoms. The van der Waals surface area contributed by atoms with Gasteiger partial charge in [-0.05, 0) is 12.8 Å². The Hall–Kier alpha value is -0.142. The van der Waals surface area contributed by atoms with Crippen LogP contribution >= 0.6 is 0 Å². The molecule has 1 aliphatic carbocycles. The first kappa shape index (κ1) is 14.9. The number of hydrogen-bond acceptors (Lipinski definition) is 2. The predicted octanol–water partition coefficient (Wildman–Crippen LogP) is 2.23. The fourth-order valence-corrected chi connectivity index (χ4v) is 1.16. The number of aromatic nitrogens is 2. The fourth-order valence-electron chi connectivity index (χ4n) is 1.16. The number of rotatable bonds is 3.